The fourth-order valence-corrected chi connectivity index (χ4v) is 2.45. The number of carbonyl (C=O) groups is 1. The third kappa shape index (κ3) is 3.10. The van der Waals surface area contributed by atoms with E-state index in [0.29, 0.717) is 23.4 Å². The van der Waals surface area contributed by atoms with Crippen LogP contribution in [0.25, 0.3) is 28.5 Å². The van der Waals surface area contributed by atoms with Gasteiger partial charge in [0.2, 0.25) is 5.91 Å². The van der Waals surface area contributed by atoms with E-state index in [2.05, 4.69) is 15.0 Å². The molecule has 0 aliphatic carbocycles. The summed E-state index contributed by atoms with van der Waals surface area (Å²) in [4.78, 5) is 34.7. The first kappa shape index (κ1) is 15.7. The van der Waals surface area contributed by atoms with Crippen LogP contribution in [0, 0.1) is 0 Å². The number of pyridine rings is 1. The van der Waals surface area contributed by atoms with E-state index in [0.717, 1.165) is 17.5 Å². The van der Waals surface area contributed by atoms with Crippen molar-refractivity contribution >= 4 is 23.1 Å². The summed E-state index contributed by atoms with van der Waals surface area (Å²) in [6, 6.07) is 3.26. The summed E-state index contributed by atoms with van der Waals surface area (Å²) in [5, 5.41) is 0. The number of aromatic amines is 1. The molecule has 0 saturated heterocycles. The van der Waals surface area contributed by atoms with Crippen LogP contribution >= 0.6 is 0 Å². The summed E-state index contributed by atoms with van der Waals surface area (Å²) in [6.07, 6.45) is 8.89. The van der Waals surface area contributed by atoms with Crippen molar-refractivity contribution in [3.8, 4) is 11.3 Å². The quantitative estimate of drug-likeness (QED) is 0.697. The van der Waals surface area contributed by atoms with Crippen LogP contribution < -0.4 is 11.3 Å². The average Bonchev–Trinajstić information content (AvgIpc) is 2.97. The maximum atomic E-state index is 11.8. The highest BCUT2D eigenvalue weighted by Gasteiger charge is 2.08. The molecular formula is C17H17N5O2. The van der Waals surface area contributed by atoms with Crippen molar-refractivity contribution in [3.05, 3.63) is 52.7 Å². The number of nitrogens with two attached hydrogens (primary N) is 1. The lowest BCUT2D eigenvalue weighted by molar-refractivity contribution is -0.113. The lowest BCUT2D eigenvalue weighted by Crippen LogP contribution is -2.18. The molecule has 0 fully saturated rings. The summed E-state index contributed by atoms with van der Waals surface area (Å²) >= 11 is 0. The number of carbonyl (C=O) groups excluding carboxylic acids is 1. The normalized spacial score (nSPS) is 11.4. The average molecular weight is 323 g/mol. The molecule has 7 nitrogen and oxygen atoms in total. The Kier molecular flexibility index (Phi) is 4.24. The van der Waals surface area contributed by atoms with Gasteiger partial charge in [-0.1, -0.05) is 6.92 Å². The molecule has 0 saturated carbocycles. The molecule has 24 heavy (non-hydrogen) atoms. The molecule has 0 aromatic carbocycles. The van der Waals surface area contributed by atoms with Crippen LogP contribution in [0.5, 0.6) is 0 Å². The fraction of sp³-hybridized carbons (Fsp3) is 0.176. The van der Waals surface area contributed by atoms with Crippen LogP contribution in [0.3, 0.4) is 0 Å². The summed E-state index contributed by atoms with van der Waals surface area (Å²) in [7, 11) is 0. The molecule has 0 spiro atoms. The van der Waals surface area contributed by atoms with E-state index in [1.807, 2.05) is 6.92 Å². The van der Waals surface area contributed by atoms with Gasteiger partial charge >= 0.3 is 0 Å². The van der Waals surface area contributed by atoms with E-state index in [-0.39, 0.29) is 5.56 Å². The molecule has 3 rings (SSSR count). The summed E-state index contributed by atoms with van der Waals surface area (Å²) in [5.41, 5.74) is 8.53. The van der Waals surface area contributed by atoms with Crippen molar-refractivity contribution in [2.75, 3.05) is 0 Å². The van der Waals surface area contributed by atoms with Crippen molar-refractivity contribution < 1.29 is 4.79 Å². The van der Waals surface area contributed by atoms with Crippen LogP contribution in [0.15, 0.2) is 41.6 Å². The second-order valence-electron chi connectivity index (χ2n) is 5.38. The van der Waals surface area contributed by atoms with Crippen LogP contribution in [-0.4, -0.2) is 25.4 Å². The highest BCUT2D eigenvalue weighted by Crippen LogP contribution is 2.21. The minimum Gasteiger partial charge on any atom is -0.366 e. The van der Waals surface area contributed by atoms with Crippen molar-refractivity contribution in [1.82, 2.24) is 19.5 Å². The molecule has 0 atom stereocenters. The standard InChI is InChI=1S/C17H17N5O2/c1-2-7-22-10-12(4-6-15(22)24)13-9-20-17-16(21-13)11(8-19-17)3-5-14(18)23/h3-6,8-10H,2,7H2,1H3,(H2,18,23)(H,19,20)/b5-3+. The molecule has 1 amide bonds. The van der Waals surface area contributed by atoms with Gasteiger partial charge in [-0.25, -0.2) is 9.97 Å². The first-order valence-electron chi connectivity index (χ1n) is 7.61. The number of aromatic nitrogens is 4. The van der Waals surface area contributed by atoms with Gasteiger partial charge < -0.3 is 15.3 Å². The lowest BCUT2D eigenvalue weighted by Gasteiger charge is -2.06. The molecule has 0 bridgehead atoms. The maximum absolute atomic E-state index is 11.8. The number of amides is 1. The molecule has 0 aliphatic rings. The smallest absolute Gasteiger partial charge is 0.250 e. The zero-order chi connectivity index (χ0) is 17.1. The molecule has 3 N–H and O–H groups in total. The van der Waals surface area contributed by atoms with E-state index in [1.165, 1.54) is 12.1 Å². The Hall–Kier alpha value is -3.22. The zero-order valence-electron chi connectivity index (χ0n) is 13.2. The minimum absolute atomic E-state index is 0.0404. The van der Waals surface area contributed by atoms with E-state index in [9.17, 15) is 9.59 Å². The van der Waals surface area contributed by atoms with Crippen LogP contribution in [0.4, 0.5) is 0 Å². The van der Waals surface area contributed by atoms with E-state index in [4.69, 9.17) is 5.73 Å². The number of primary amides is 1. The van der Waals surface area contributed by atoms with Gasteiger partial charge in [-0.05, 0) is 18.6 Å². The Morgan fingerprint density at radius 1 is 1.42 bits per heavy atom. The summed E-state index contributed by atoms with van der Waals surface area (Å²) < 4.78 is 1.66. The van der Waals surface area contributed by atoms with Crippen LogP contribution in [-0.2, 0) is 11.3 Å². The summed E-state index contributed by atoms with van der Waals surface area (Å²) in [5.74, 6) is -0.528. The van der Waals surface area contributed by atoms with Crippen LogP contribution in [0.1, 0.15) is 18.9 Å². The third-order valence-electron chi connectivity index (χ3n) is 3.58. The number of nitrogens with zero attached hydrogens (tertiary/aromatic N) is 3. The predicted molar refractivity (Wildman–Crippen MR) is 92.1 cm³/mol. The fourth-order valence-electron chi connectivity index (χ4n) is 2.45. The van der Waals surface area contributed by atoms with Crippen molar-refractivity contribution in [2.24, 2.45) is 5.73 Å². The largest absolute Gasteiger partial charge is 0.366 e. The number of nitrogens with one attached hydrogen (secondary N) is 1. The highest BCUT2D eigenvalue weighted by molar-refractivity contribution is 5.93. The SMILES string of the molecule is CCCn1cc(-c2cnc3[nH]cc(/C=C/C(N)=O)c3n2)ccc1=O. The first-order chi connectivity index (χ1) is 11.6. The molecule has 3 aromatic rings. The topological polar surface area (TPSA) is 107 Å². The van der Waals surface area contributed by atoms with E-state index < -0.39 is 5.91 Å². The zero-order valence-corrected chi connectivity index (χ0v) is 13.2. The number of aryl methyl sites for hydroxylation is 1. The third-order valence-corrected chi connectivity index (χ3v) is 3.58. The van der Waals surface area contributed by atoms with Gasteiger partial charge in [-0.15, -0.1) is 0 Å². The molecule has 3 heterocycles. The number of rotatable bonds is 5. The number of hydrogen-bond acceptors (Lipinski definition) is 4. The maximum Gasteiger partial charge on any atom is 0.250 e. The molecule has 122 valence electrons. The number of hydrogen-bond donors (Lipinski definition) is 2. The van der Waals surface area contributed by atoms with E-state index in [1.54, 1.807) is 35.3 Å². The van der Waals surface area contributed by atoms with Crippen LogP contribution in [0.2, 0.25) is 0 Å². The van der Waals surface area contributed by atoms with E-state index >= 15 is 0 Å². The van der Waals surface area contributed by atoms with Gasteiger partial charge in [0.15, 0.2) is 5.65 Å². The van der Waals surface area contributed by atoms with Crippen molar-refractivity contribution in [2.45, 2.75) is 19.9 Å². The Labute approximate surface area is 137 Å². The Bertz CT molecular complexity index is 984. The summed E-state index contributed by atoms with van der Waals surface area (Å²) in [6.45, 7) is 2.67. The molecule has 0 unspecified atom stereocenters. The Morgan fingerprint density at radius 3 is 3.00 bits per heavy atom. The van der Waals surface area contributed by atoms with Gasteiger partial charge in [0, 0.05) is 42.2 Å². The molecule has 7 heteroatoms. The predicted octanol–water partition coefficient (Wildman–Crippen LogP) is 1.70. The minimum atomic E-state index is -0.528. The molecular weight excluding hydrogens is 306 g/mol. The molecule has 3 aromatic heterocycles. The van der Waals surface area contributed by atoms with Gasteiger partial charge in [0.1, 0.15) is 5.52 Å². The first-order valence-corrected chi connectivity index (χ1v) is 7.61. The van der Waals surface area contributed by atoms with Gasteiger partial charge in [0.05, 0.1) is 11.9 Å². The van der Waals surface area contributed by atoms with Crippen molar-refractivity contribution in [3.63, 3.8) is 0 Å². The number of fused-ring (bicyclic) bond motifs is 1. The van der Waals surface area contributed by atoms with Gasteiger partial charge in [-0.3, -0.25) is 9.59 Å². The second-order valence-corrected chi connectivity index (χ2v) is 5.38. The Morgan fingerprint density at radius 2 is 2.25 bits per heavy atom. The molecule has 0 aliphatic heterocycles. The van der Waals surface area contributed by atoms with Gasteiger partial charge in [0.25, 0.3) is 5.56 Å². The molecule has 0 radical (unpaired) electrons. The van der Waals surface area contributed by atoms with Crippen molar-refractivity contribution in [1.29, 1.82) is 0 Å². The lowest BCUT2D eigenvalue weighted by atomic mass is 10.2. The Balaban J connectivity index is 2.07. The second kappa shape index (κ2) is 6.49. The highest BCUT2D eigenvalue weighted by atomic mass is 16.1. The number of H-pyrrole nitrogens is 1. The van der Waals surface area contributed by atoms with Gasteiger partial charge in [-0.2, -0.15) is 0 Å². The monoisotopic (exact) mass is 323 g/mol.